The highest BCUT2D eigenvalue weighted by Crippen LogP contribution is 2.40. The molecule has 0 atom stereocenters. The largest absolute Gasteiger partial charge is 0.408 e. The van der Waals surface area contributed by atoms with Crippen molar-refractivity contribution in [1.82, 2.24) is 10.2 Å². The van der Waals surface area contributed by atoms with Crippen molar-refractivity contribution in [3.8, 4) is 0 Å². The first-order valence-corrected chi connectivity index (χ1v) is 5.82. The second-order valence-corrected chi connectivity index (χ2v) is 4.94. The maximum atomic E-state index is 5.59. The first kappa shape index (κ1) is 10.7. The number of aryl methyl sites for hydroxylation is 1. The smallest absolute Gasteiger partial charge is 0.315 e. The van der Waals surface area contributed by atoms with Gasteiger partial charge >= 0.3 is 6.01 Å². The minimum Gasteiger partial charge on any atom is -0.408 e. The summed E-state index contributed by atoms with van der Waals surface area (Å²) >= 11 is 5.59. The lowest BCUT2D eigenvalue weighted by molar-refractivity contribution is 0.449. The van der Waals surface area contributed by atoms with Crippen molar-refractivity contribution < 1.29 is 4.42 Å². The second kappa shape index (κ2) is 4.00. The Hall–Kier alpha value is -0.770. The Morgan fingerprint density at radius 3 is 2.80 bits per heavy atom. The molecule has 84 valence electrons. The SMILES string of the molecule is CC(C)(Nc1nnc(CCCl)o1)C1CC1. The lowest BCUT2D eigenvalue weighted by atomic mass is 9.99. The van der Waals surface area contributed by atoms with Gasteiger partial charge in [-0.05, 0) is 32.6 Å². The van der Waals surface area contributed by atoms with Crippen LogP contribution in [0, 0.1) is 5.92 Å². The van der Waals surface area contributed by atoms with Crippen molar-refractivity contribution in [1.29, 1.82) is 0 Å². The Kier molecular flexibility index (Phi) is 2.87. The maximum Gasteiger partial charge on any atom is 0.315 e. The summed E-state index contributed by atoms with van der Waals surface area (Å²) in [6.07, 6.45) is 3.19. The zero-order valence-electron chi connectivity index (χ0n) is 9.09. The van der Waals surface area contributed by atoms with Crippen LogP contribution in [0.25, 0.3) is 0 Å². The number of nitrogens with zero attached hydrogens (tertiary/aromatic N) is 2. The molecule has 2 rings (SSSR count). The van der Waals surface area contributed by atoms with Gasteiger partial charge in [0.2, 0.25) is 5.89 Å². The number of alkyl halides is 1. The Bertz CT molecular complexity index is 333. The highest BCUT2D eigenvalue weighted by molar-refractivity contribution is 6.17. The van der Waals surface area contributed by atoms with Crippen molar-refractivity contribution in [3.63, 3.8) is 0 Å². The van der Waals surface area contributed by atoms with E-state index in [4.69, 9.17) is 16.0 Å². The minimum absolute atomic E-state index is 0.0464. The molecule has 5 heteroatoms. The van der Waals surface area contributed by atoms with E-state index in [9.17, 15) is 0 Å². The van der Waals surface area contributed by atoms with E-state index < -0.39 is 0 Å². The summed E-state index contributed by atoms with van der Waals surface area (Å²) in [6.45, 7) is 4.33. The predicted octanol–water partition coefficient (Wildman–Crippen LogP) is 2.45. The third-order valence-corrected chi connectivity index (χ3v) is 2.99. The maximum absolute atomic E-state index is 5.59. The third-order valence-electron chi connectivity index (χ3n) is 2.80. The number of rotatable bonds is 5. The molecule has 1 heterocycles. The molecule has 1 saturated carbocycles. The van der Waals surface area contributed by atoms with Crippen LogP contribution in [0.5, 0.6) is 0 Å². The Morgan fingerprint density at radius 1 is 1.47 bits per heavy atom. The second-order valence-electron chi connectivity index (χ2n) is 4.56. The highest BCUT2D eigenvalue weighted by atomic mass is 35.5. The molecule has 4 nitrogen and oxygen atoms in total. The summed E-state index contributed by atoms with van der Waals surface area (Å²) in [4.78, 5) is 0. The molecule has 0 unspecified atom stereocenters. The number of hydrogen-bond acceptors (Lipinski definition) is 4. The number of hydrogen-bond donors (Lipinski definition) is 1. The highest BCUT2D eigenvalue weighted by Gasteiger charge is 2.38. The van der Waals surface area contributed by atoms with Crippen LogP contribution >= 0.6 is 11.6 Å². The summed E-state index contributed by atoms with van der Waals surface area (Å²) in [5, 5.41) is 11.1. The molecule has 15 heavy (non-hydrogen) atoms. The quantitative estimate of drug-likeness (QED) is 0.788. The number of nitrogens with one attached hydrogen (secondary N) is 1. The van der Waals surface area contributed by atoms with Gasteiger partial charge in [-0.1, -0.05) is 5.10 Å². The van der Waals surface area contributed by atoms with Gasteiger partial charge in [-0.2, -0.15) is 0 Å². The Labute approximate surface area is 94.4 Å². The van der Waals surface area contributed by atoms with E-state index in [-0.39, 0.29) is 5.54 Å². The average molecular weight is 230 g/mol. The van der Waals surface area contributed by atoms with E-state index >= 15 is 0 Å². The minimum atomic E-state index is 0.0464. The molecule has 0 spiro atoms. The van der Waals surface area contributed by atoms with E-state index in [1.165, 1.54) is 12.8 Å². The van der Waals surface area contributed by atoms with E-state index in [2.05, 4.69) is 29.4 Å². The van der Waals surface area contributed by atoms with Crippen LogP contribution in [0.2, 0.25) is 0 Å². The van der Waals surface area contributed by atoms with Crippen molar-refractivity contribution in [2.45, 2.75) is 38.6 Å². The molecule has 1 fully saturated rings. The summed E-state index contributed by atoms with van der Waals surface area (Å²) in [5.41, 5.74) is 0.0464. The zero-order valence-corrected chi connectivity index (χ0v) is 9.84. The van der Waals surface area contributed by atoms with Crippen LogP contribution in [-0.4, -0.2) is 21.6 Å². The van der Waals surface area contributed by atoms with Crippen LogP contribution in [0.4, 0.5) is 6.01 Å². The van der Waals surface area contributed by atoms with E-state index in [1.807, 2.05) is 0 Å². The summed E-state index contributed by atoms with van der Waals surface area (Å²) in [5.74, 6) is 1.83. The first-order chi connectivity index (χ1) is 7.12. The van der Waals surface area contributed by atoms with Crippen LogP contribution in [-0.2, 0) is 6.42 Å². The molecule has 1 aromatic heterocycles. The first-order valence-electron chi connectivity index (χ1n) is 5.28. The topological polar surface area (TPSA) is 51.0 Å². The van der Waals surface area contributed by atoms with Crippen LogP contribution in [0.3, 0.4) is 0 Å². The van der Waals surface area contributed by atoms with Gasteiger partial charge in [0.05, 0.1) is 0 Å². The van der Waals surface area contributed by atoms with Gasteiger partial charge in [-0.25, -0.2) is 0 Å². The molecule has 0 aliphatic heterocycles. The molecule has 1 aliphatic rings. The molecule has 0 bridgehead atoms. The molecule has 0 aromatic carbocycles. The molecule has 1 aromatic rings. The molecule has 0 radical (unpaired) electrons. The van der Waals surface area contributed by atoms with Crippen molar-refractivity contribution in [2.75, 3.05) is 11.2 Å². The van der Waals surface area contributed by atoms with Gasteiger partial charge in [0.1, 0.15) is 0 Å². The molecule has 0 amide bonds. The van der Waals surface area contributed by atoms with Crippen LogP contribution in [0.1, 0.15) is 32.6 Å². The summed E-state index contributed by atoms with van der Waals surface area (Å²) in [7, 11) is 0. The van der Waals surface area contributed by atoms with Gasteiger partial charge in [-0.15, -0.1) is 16.7 Å². The van der Waals surface area contributed by atoms with Crippen molar-refractivity contribution >= 4 is 17.6 Å². The fourth-order valence-corrected chi connectivity index (χ4v) is 1.83. The lowest BCUT2D eigenvalue weighted by Crippen LogP contribution is -2.33. The Balaban J connectivity index is 1.97. The van der Waals surface area contributed by atoms with Gasteiger partial charge < -0.3 is 9.73 Å². The van der Waals surface area contributed by atoms with Crippen LogP contribution in [0.15, 0.2) is 4.42 Å². The lowest BCUT2D eigenvalue weighted by Gasteiger charge is -2.24. The summed E-state index contributed by atoms with van der Waals surface area (Å²) in [6, 6.07) is 0.506. The molecule has 0 saturated heterocycles. The normalized spacial score (nSPS) is 16.7. The van der Waals surface area contributed by atoms with Gasteiger partial charge in [0.15, 0.2) is 0 Å². The average Bonchev–Trinajstić information content (AvgIpc) is 2.92. The molecular formula is C10H16ClN3O. The monoisotopic (exact) mass is 229 g/mol. The Morgan fingerprint density at radius 2 is 2.20 bits per heavy atom. The van der Waals surface area contributed by atoms with Crippen molar-refractivity contribution in [2.24, 2.45) is 5.92 Å². The predicted molar refractivity (Wildman–Crippen MR) is 59.1 cm³/mol. The molecular weight excluding hydrogens is 214 g/mol. The van der Waals surface area contributed by atoms with E-state index in [0.29, 0.717) is 24.2 Å². The van der Waals surface area contributed by atoms with Gasteiger partial charge in [0, 0.05) is 17.8 Å². The van der Waals surface area contributed by atoms with E-state index in [1.54, 1.807) is 0 Å². The summed E-state index contributed by atoms with van der Waals surface area (Å²) < 4.78 is 5.42. The number of anilines is 1. The fourth-order valence-electron chi connectivity index (χ4n) is 1.67. The molecule has 1 N–H and O–H groups in total. The van der Waals surface area contributed by atoms with E-state index in [0.717, 1.165) is 5.92 Å². The zero-order chi connectivity index (χ0) is 10.9. The van der Waals surface area contributed by atoms with Crippen LogP contribution < -0.4 is 5.32 Å². The molecule has 1 aliphatic carbocycles. The van der Waals surface area contributed by atoms with Gasteiger partial charge in [0.25, 0.3) is 0 Å². The number of aromatic nitrogens is 2. The van der Waals surface area contributed by atoms with Crippen molar-refractivity contribution in [3.05, 3.63) is 5.89 Å². The fraction of sp³-hybridized carbons (Fsp3) is 0.800. The third kappa shape index (κ3) is 2.62. The number of halogens is 1. The standard InChI is InChI=1S/C10H16ClN3O/c1-10(2,7-3-4-7)12-9-14-13-8(15-9)5-6-11/h7H,3-6H2,1-2H3,(H,12,14). The van der Waals surface area contributed by atoms with Gasteiger partial charge in [-0.3, -0.25) is 0 Å².